The molecule has 4 atom stereocenters. The fraction of sp³-hybridized carbons (Fsp3) is 0.528. The number of likely N-dealkylation sites (tertiary alicyclic amines) is 1. The molecule has 7 rings (SSSR count). The largest absolute Gasteiger partial charge is 0.394 e. The zero-order chi connectivity index (χ0) is 34.8. The van der Waals surface area contributed by atoms with E-state index in [1.807, 2.05) is 21.9 Å². The second-order valence-electron chi connectivity index (χ2n) is 14.0. The first-order valence-corrected chi connectivity index (χ1v) is 17.7. The fourth-order valence-corrected chi connectivity index (χ4v) is 7.62. The van der Waals surface area contributed by atoms with Crippen LogP contribution in [0.15, 0.2) is 48.5 Å². The second kappa shape index (κ2) is 14.9. The Morgan fingerprint density at radius 3 is 1.90 bits per heavy atom. The van der Waals surface area contributed by atoms with Crippen LogP contribution < -0.4 is 20.4 Å². The summed E-state index contributed by atoms with van der Waals surface area (Å²) in [6.45, 7) is 2.74. The molecule has 2 unspecified atom stereocenters. The number of urea groups is 1. The van der Waals surface area contributed by atoms with Crippen molar-refractivity contribution >= 4 is 35.2 Å². The number of aliphatic hydroxyl groups is 2. The van der Waals surface area contributed by atoms with Crippen LogP contribution in [0.4, 0.5) is 28.1 Å². The summed E-state index contributed by atoms with van der Waals surface area (Å²) < 4.78 is 6.05. The molecule has 266 valence electrons. The normalized spacial score (nSPS) is 23.8. The third kappa shape index (κ3) is 7.38. The summed E-state index contributed by atoms with van der Waals surface area (Å²) in [5.74, 6) is 1.46. The summed E-state index contributed by atoms with van der Waals surface area (Å²) >= 11 is 0. The van der Waals surface area contributed by atoms with Crippen molar-refractivity contribution in [2.45, 2.75) is 68.9 Å². The molecule has 14 nitrogen and oxygen atoms in total. The Kier molecular flexibility index (Phi) is 10.1. The molecule has 4 aliphatic heterocycles. The zero-order valence-electron chi connectivity index (χ0n) is 28.7. The first-order valence-electron chi connectivity index (χ1n) is 17.7. The van der Waals surface area contributed by atoms with Crippen LogP contribution in [-0.2, 0) is 4.74 Å². The molecule has 2 bridgehead atoms. The Morgan fingerprint density at radius 2 is 1.34 bits per heavy atom. The van der Waals surface area contributed by atoms with E-state index in [1.54, 1.807) is 36.4 Å². The highest BCUT2D eigenvalue weighted by atomic mass is 16.5. The van der Waals surface area contributed by atoms with Gasteiger partial charge in [-0.2, -0.15) is 15.0 Å². The maximum absolute atomic E-state index is 13.0. The molecule has 2 aromatic carbocycles. The van der Waals surface area contributed by atoms with Crippen molar-refractivity contribution in [3.8, 4) is 11.4 Å². The number of amides is 3. The van der Waals surface area contributed by atoms with E-state index in [1.165, 1.54) is 0 Å². The summed E-state index contributed by atoms with van der Waals surface area (Å²) in [4.78, 5) is 48.7. The number of piperidine rings is 1. The maximum Gasteiger partial charge on any atom is 0.323 e. The van der Waals surface area contributed by atoms with E-state index in [9.17, 15) is 19.8 Å². The lowest BCUT2D eigenvalue weighted by Crippen LogP contribution is -2.45. The highest BCUT2D eigenvalue weighted by Gasteiger charge is 2.38. The number of anilines is 4. The standard InChI is InChI=1S/C36H47N9O5/c1-42(2)27-15-17-43(18-16-27)33(48)24-5-9-26(10-6-24)38-36(49)37-25-7-3-23(4-8-25)32-39-34(44-19-30-13-14-31(20-44)50-30)41-35(40-32)45-28(21-46)11-12-29(45)22-47/h3-10,27-31,46-47H,11-22H2,1-2H3,(H2,37,38,49)/t28-,29+,30?,31?. The summed E-state index contributed by atoms with van der Waals surface area (Å²) in [5, 5.41) is 25.9. The lowest BCUT2D eigenvalue weighted by molar-refractivity contribution is 0.0299. The third-order valence-corrected chi connectivity index (χ3v) is 10.5. The molecule has 0 saturated carbocycles. The lowest BCUT2D eigenvalue weighted by Gasteiger charge is -2.35. The van der Waals surface area contributed by atoms with E-state index in [4.69, 9.17) is 19.7 Å². The number of ether oxygens (including phenoxy) is 1. The van der Waals surface area contributed by atoms with E-state index >= 15 is 0 Å². The predicted molar refractivity (Wildman–Crippen MR) is 191 cm³/mol. The average Bonchev–Trinajstić information content (AvgIpc) is 3.73. The van der Waals surface area contributed by atoms with Gasteiger partial charge in [-0.15, -0.1) is 0 Å². The summed E-state index contributed by atoms with van der Waals surface area (Å²) in [6.07, 6.45) is 5.71. The molecule has 4 N–H and O–H groups in total. The molecule has 1 aromatic heterocycles. The Hall–Kier alpha value is -4.37. The van der Waals surface area contributed by atoms with Gasteiger partial charge in [0.1, 0.15) is 0 Å². The molecule has 0 spiro atoms. The molecule has 0 radical (unpaired) electrons. The lowest BCUT2D eigenvalue weighted by atomic mass is 10.0. The van der Waals surface area contributed by atoms with E-state index in [-0.39, 0.29) is 43.4 Å². The monoisotopic (exact) mass is 685 g/mol. The number of nitrogens with one attached hydrogen (secondary N) is 2. The minimum absolute atomic E-state index is 0.00891. The Bertz CT molecular complexity index is 1620. The number of aliphatic hydroxyl groups excluding tert-OH is 2. The van der Waals surface area contributed by atoms with Crippen molar-refractivity contribution in [2.75, 3.05) is 73.9 Å². The predicted octanol–water partition coefficient (Wildman–Crippen LogP) is 3.04. The topological polar surface area (TPSA) is 160 Å². The molecule has 4 fully saturated rings. The van der Waals surface area contributed by atoms with Crippen molar-refractivity contribution in [1.29, 1.82) is 0 Å². The van der Waals surface area contributed by atoms with Gasteiger partial charge in [0.2, 0.25) is 11.9 Å². The molecule has 4 aliphatic rings. The molecule has 5 heterocycles. The van der Waals surface area contributed by atoms with E-state index < -0.39 is 6.03 Å². The van der Waals surface area contributed by atoms with Gasteiger partial charge in [0, 0.05) is 54.7 Å². The number of rotatable bonds is 9. The van der Waals surface area contributed by atoms with Crippen LogP contribution in [0.25, 0.3) is 11.4 Å². The number of hydrogen-bond donors (Lipinski definition) is 4. The number of carbonyl (C=O) groups excluding carboxylic acids is 2. The van der Waals surface area contributed by atoms with Gasteiger partial charge in [-0.05, 0) is 101 Å². The van der Waals surface area contributed by atoms with Gasteiger partial charge in [-0.1, -0.05) is 0 Å². The highest BCUT2D eigenvalue weighted by molar-refractivity contribution is 6.00. The van der Waals surface area contributed by atoms with Crippen LogP contribution in [0.5, 0.6) is 0 Å². The van der Waals surface area contributed by atoms with Crippen molar-refractivity contribution in [3.63, 3.8) is 0 Å². The summed E-state index contributed by atoms with van der Waals surface area (Å²) in [5.41, 5.74) is 2.50. The van der Waals surface area contributed by atoms with Crippen molar-refractivity contribution in [2.24, 2.45) is 0 Å². The Labute approximate surface area is 292 Å². The molecule has 3 aromatic rings. The maximum atomic E-state index is 13.0. The van der Waals surface area contributed by atoms with E-state index in [0.717, 1.165) is 57.2 Å². The van der Waals surface area contributed by atoms with Crippen LogP contribution in [0.3, 0.4) is 0 Å². The number of morpholine rings is 1. The summed E-state index contributed by atoms with van der Waals surface area (Å²) in [6, 6.07) is 14.0. The smallest absolute Gasteiger partial charge is 0.323 e. The van der Waals surface area contributed by atoms with Crippen molar-refractivity contribution in [3.05, 3.63) is 54.1 Å². The molecular formula is C36H47N9O5. The minimum Gasteiger partial charge on any atom is -0.394 e. The minimum atomic E-state index is -0.409. The average molecular weight is 686 g/mol. The second-order valence-corrected chi connectivity index (χ2v) is 14.0. The number of hydrogen-bond acceptors (Lipinski definition) is 11. The van der Waals surface area contributed by atoms with Gasteiger partial charge in [0.05, 0.1) is 37.5 Å². The van der Waals surface area contributed by atoms with Gasteiger partial charge >= 0.3 is 6.03 Å². The number of benzene rings is 2. The third-order valence-electron chi connectivity index (χ3n) is 10.5. The van der Waals surface area contributed by atoms with Crippen molar-refractivity contribution < 1.29 is 24.5 Å². The zero-order valence-corrected chi connectivity index (χ0v) is 28.7. The van der Waals surface area contributed by atoms with Gasteiger partial charge in [-0.25, -0.2) is 4.79 Å². The van der Waals surface area contributed by atoms with Gasteiger partial charge in [-0.3, -0.25) is 4.79 Å². The highest BCUT2D eigenvalue weighted by Crippen LogP contribution is 2.33. The number of nitrogens with zero attached hydrogens (tertiary/aromatic N) is 7. The number of fused-ring (bicyclic) bond motifs is 2. The summed E-state index contributed by atoms with van der Waals surface area (Å²) in [7, 11) is 4.16. The van der Waals surface area contributed by atoms with Gasteiger partial charge < -0.3 is 45.2 Å². The Balaban J connectivity index is 1.02. The molecule has 4 saturated heterocycles. The fourth-order valence-electron chi connectivity index (χ4n) is 7.62. The first kappa shape index (κ1) is 34.1. The number of carbonyl (C=O) groups is 2. The van der Waals surface area contributed by atoms with Crippen LogP contribution in [0, 0.1) is 0 Å². The Morgan fingerprint density at radius 1 is 0.780 bits per heavy atom. The molecule has 14 heteroatoms. The van der Waals surface area contributed by atoms with Gasteiger partial charge in [0.15, 0.2) is 5.82 Å². The quantitative estimate of drug-likeness (QED) is 0.262. The SMILES string of the molecule is CN(C)C1CCN(C(=O)c2ccc(NC(=O)Nc3ccc(-c4nc(N5CC6CCC(C5)O6)nc(N5[C@H](CO)CC[C@@H]5CO)n4)cc3)cc2)CC1. The van der Waals surface area contributed by atoms with Crippen LogP contribution in [0.2, 0.25) is 0 Å². The first-order chi connectivity index (χ1) is 24.3. The van der Waals surface area contributed by atoms with Crippen LogP contribution in [-0.4, -0.2) is 131 Å². The van der Waals surface area contributed by atoms with Crippen molar-refractivity contribution in [1.82, 2.24) is 24.8 Å². The molecule has 0 aliphatic carbocycles. The molecule has 3 amide bonds. The van der Waals surface area contributed by atoms with Crippen LogP contribution in [0.1, 0.15) is 48.9 Å². The van der Waals surface area contributed by atoms with Gasteiger partial charge in [0.25, 0.3) is 5.91 Å². The van der Waals surface area contributed by atoms with E-state index in [2.05, 4.69) is 34.5 Å². The van der Waals surface area contributed by atoms with E-state index in [0.29, 0.717) is 53.8 Å². The molecule has 50 heavy (non-hydrogen) atoms. The molecular weight excluding hydrogens is 638 g/mol. The van der Waals surface area contributed by atoms with Crippen LogP contribution >= 0.6 is 0 Å². The number of aromatic nitrogens is 3.